The molecule has 5 atom stereocenters. The van der Waals surface area contributed by atoms with Crippen molar-refractivity contribution >= 4 is 17.6 Å². The van der Waals surface area contributed by atoms with E-state index in [1.54, 1.807) is 0 Å². The molecule has 0 heterocycles. The van der Waals surface area contributed by atoms with Crippen LogP contribution in [0.15, 0.2) is 66.7 Å². The van der Waals surface area contributed by atoms with Gasteiger partial charge in [0, 0.05) is 42.2 Å². The summed E-state index contributed by atoms with van der Waals surface area (Å²) in [5.41, 5.74) is 0.0912. The first-order chi connectivity index (χ1) is 16.3. The second kappa shape index (κ2) is 6.78. The third kappa shape index (κ3) is 2.52. The summed E-state index contributed by atoms with van der Waals surface area (Å²) < 4.78 is 11.8. The van der Waals surface area contributed by atoms with Crippen molar-refractivity contribution in [2.75, 3.05) is 6.61 Å². The highest BCUT2D eigenvalue weighted by Gasteiger charge is 2.97. The van der Waals surface area contributed by atoms with Crippen LogP contribution in [0.2, 0.25) is 0 Å². The van der Waals surface area contributed by atoms with Gasteiger partial charge in [-0.3, -0.25) is 14.9 Å². The molecule has 4 aliphatic carbocycles. The standard InChI is InChI=1S/C27H25NO6/c1-18(29)33-17-24-15-25-13-5-6-14-26(25,20-7-3-2-4-8-20)23(25)27(24,16-24)34-22(30)19-9-11-21(12-10-19)28(31)32/h2-4,6-12,14,23H,5,13,15-17H2,1H3/t23-,24-,25?,26-,27+/m0/s1. The number of nitrogens with zero attached hydrogens (tertiary/aromatic N) is 1. The molecule has 0 radical (unpaired) electrons. The Morgan fingerprint density at radius 1 is 1.09 bits per heavy atom. The molecule has 174 valence electrons. The number of fused-ring (bicyclic) bond motifs is 3. The molecule has 3 fully saturated rings. The van der Waals surface area contributed by atoms with Crippen molar-refractivity contribution in [2.45, 2.75) is 43.6 Å². The van der Waals surface area contributed by atoms with Gasteiger partial charge < -0.3 is 9.47 Å². The number of carbonyl (C=O) groups is 2. The van der Waals surface area contributed by atoms with Gasteiger partial charge >= 0.3 is 11.9 Å². The number of rotatable bonds is 6. The number of esters is 2. The minimum atomic E-state index is -0.730. The Morgan fingerprint density at radius 3 is 2.50 bits per heavy atom. The summed E-state index contributed by atoms with van der Waals surface area (Å²) in [5, 5.41) is 11.0. The zero-order valence-corrected chi connectivity index (χ0v) is 18.9. The molecule has 2 aromatic carbocycles. The predicted molar refractivity (Wildman–Crippen MR) is 122 cm³/mol. The third-order valence-electron chi connectivity index (χ3n) is 8.77. The van der Waals surface area contributed by atoms with E-state index in [1.165, 1.54) is 36.8 Å². The van der Waals surface area contributed by atoms with Gasteiger partial charge in [-0.15, -0.1) is 0 Å². The van der Waals surface area contributed by atoms with Crippen LogP contribution >= 0.6 is 0 Å². The highest BCUT2D eigenvalue weighted by Crippen LogP contribution is 2.94. The van der Waals surface area contributed by atoms with Gasteiger partial charge in [-0.2, -0.15) is 0 Å². The van der Waals surface area contributed by atoms with Crippen LogP contribution in [-0.4, -0.2) is 29.1 Å². The second-order valence-corrected chi connectivity index (χ2v) is 10.3. The van der Waals surface area contributed by atoms with E-state index in [9.17, 15) is 19.7 Å². The number of hydrogen-bond acceptors (Lipinski definition) is 6. The van der Waals surface area contributed by atoms with Crippen LogP contribution in [0.25, 0.3) is 0 Å². The maximum absolute atomic E-state index is 13.3. The molecule has 0 aromatic heterocycles. The van der Waals surface area contributed by atoms with E-state index >= 15 is 0 Å². The molecule has 4 aliphatic rings. The first-order valence-electron chi connectivity index (χ1n) is 11.6. The van der Waals surface area contributed by atoms with E-state index in [-0.39, 0.29) is 46.0 Å². The minimum absolute atomic E-state index is 0.0305. The summed E-state index contributed by atoms with van der Waals surface area (Å²) >= 11 is 0. The Bertz CT molecular complexity index is 1240. The Hall–Kier alpha value is -3.48. The lowest BCUT2D eigenvalue weighted by Crippen LogP contribution is -2.35. The Balaban J connectivity index is 1.38. The van der Waals surface area contributed by atoms with Gasteiger partial charge in [0.2, 0.25) is 0 Å². The van der Waals surface area contributed by atoms with Crippen LogP contribution in [0.5, 0.6) is 0 Å². The Kier molecular flexibility index (Phi) is 4.20. The minimum Gasteiger partial charge on any atom is -0.465 e. The summed E-state index contributed by atoms with van der Waals surface area (Å²) in [5.74, 6) is -0.730. The molecule has 7 heteroatoms. The molecular weight excluding hydrogens is 434 g/mol. The van der Waals surface area contributed by atoms with Crippen molar-refractivity contribution in [1.82, 2.24) is 0 Å². The van der Waals surface area contributed by atoms with E-state index in [0.717, 1.165) is 19.3 Å². The van der Waals surface area contributed by atoms with Gasteiger partial charge in [0.1, 0.15) is 12.2 Å². The summed E-state index contributed by atoms with van der Waals surface area (Å²) in [6, 6.07) is 15.9. The quantitative estimate of drug-likeness (QED) is 0.268. The highest BCUT2D eigenvalue weighted by atomic mass is 16.6. The van der Waals surface area contributed by atoms with E-state index in [0.29, 0.717) is 6.42 Å². The molecule has 0 amide bonds. The fraction of sp³-hybridized carbons (Fsp3) is 0.407. The van der Waals surface area contributed by atoms with Crippen molar-refractivity contribution < 1.29 is 24.0 Å². The molecular formula is C27H25NO6. The van der Waals surface area contributed by atoms with Gasteiger partial charge in [0.15, 0.2) is 0 Å². The van der Waals surface area contributed by atoms with Crippen molar-refractivity contribution in [3.8, 4) is 0 Å². The normalized spacial score (nSPS) is 36.0. The van der Waals surface area contributed by atoms with E-state index in [4.69, 9.17) is 9.47 Å². The molecule has 0 saturated heterocycles. The number of benzene rings is 2. The molecule has 3 saturated carbocycles. The molecule has 0 bridgehead atoms. The average molecular weight is 459 g/mol. The molecule has 6 rings (SSSR count). The lowest BCUT2D eigenvalue weighted by atomic mass is 9.74. The van der Waals surface area contributed by atoms with Crippen LogP contribution in [0.3, 0.4) is 0 Å². The summed E-state index contributed by atoms with van der Waals surface area (Å²) in [7, 11) is 0. The predicted octanol–water partition coefficient (Wildman–Crippen LogP) is 4.75. The van der Waals surface area contributed by atoms with Crippen LogP contribution < -0.4 is 0 Å². The lowest BCUT2D eigenvalue weighted by Gasteiger charge is -2.32. The molecule has 7 nitrogen and oxygen atoms in total. The monoisotopic (exact) mass is 459 g/mol. The number of ether oxygens (including phenoxy) is 2. The molecule has 1 spiro atoms. The zero-order chi connectivity index (χ0) is 23.8. The number of non-ortho nitro benzene ring substituents is 1. The van der Waals surface area contributed by atoms with Gasteiger partial charge in [-0.25, -0.2) is 4.79 Å². The number of nitro groups is 1. The van der Waals surface area contributed by atoms with Crippen molar-refractivity contribution in [3.63, 3.8) is 0 Å². The molecule has 0 aliphatic heterocycles. The van der Waals surface area contributed by atoms with Gasteiger partial charge in [-0.1, -0.05) is 42.5 Å². The first-order valence-corrected chi connectivity index (χ1v) is 11.6. The van der Waals surface area contributed by atoms with Crippen LogP contribution in [0.4, 0.5) is 5.69 Å². The largest absolute Gasteiger partial charge is 0.465 e. The van der Waals surface area contributed by atoms with Crippen LogP contribution in [-0.2, 0) is 19.7 Å². The maximum atomic E-state index is 13.3. The molecule has 1 unspecified atom stereocenters. The van der Waals surface area contributed by atoms with Crippen molar-refractivity contribution in [1.29, 1.82) is 0 Å². The Labute approximate surface area is 196 Å². The van der Waals surface area contributed by atoms with Gasteiger partial charge in [0.05, 0.1) is 10.5 Å². The second-order valence-electron chi connectivity index (χ2n) is 10.3. The fourth-order valence-electron chi connectivity index (χ4n) is 7.55. The number of hydrogen-bond donors (Lipinski definition) is 0. The van der Waals surface area contributed by atoms with Crippen LogP contribution in [0.1, 0.15) is 48.5 Å². The topological polar surface area (TPSA) is 95.7 Å². The van der Waals surface area contributed by atoms with Crippen LogP contribution in [0, 0.1) is 26.9 Å². The summed E-state index contributed by atoms with van der Waals surface area (Å²) in [6.07, 6.45) is 8.01. The fourth-order valence-corrected chi connectivity index (χ4v) is 7.55. The van der Waals surface area contributed by atoms with Gasteiger partial charge in [-0.05, 0) is 42.4 Å². The molecule has 0 N–H and O–H groups in total. The lowest BCUT2D eigenvalue weighted by molar-refractivity contribution is -0.384. The van der Waals surface area contributed by atoms with Crippen molar-refractivity contribution in [3.05, 3.63) is 88.0 Å². The number of allylic oxidation sites excluding steroid dienone is 2. The van der Waals surface area contributed by atoms with Gasteiger partial charge in [0.25, 0.3) is 5.69 Å². The molecule has 34 heavy (non-hydrogen) atoms. The number of carbonyl (C=O) groups excluding carboxylic acids is 2. The third-order valence-corrected chi connectivity index (χ3v) is 8.77. The number of nitro benzene ring substituents is 1. The van der Waals surface area contributed by atoms with E-state index < -0.39 is 16.5 Å². The van der Waals surface area contributed by atoms with Crippen molar-refractivity contribution in [2.24, 2.45) is 16.7 Å². The maximum Gasteiger partial charge on any atom is 0.338 e. The summed E-state index contributed by atoms with van der Waals surface area (Å²) in [4.78, 5) is 35.4. The smallest absolute Gasteiger partial charge is 0.338 e. The first kappa shape index (κ1) is 21.1. The average Bonchev–Trinajstić information content (AvgIpc) is 3.65. The SMILES string of the molecule is CC(=O)OC[C@@]12CC34CCC=C[C@]3(c3ccccc3)[C@H]4[C@]1(OC(=O)c1ccc([N+](=O)[O-])cc1)C2. The highest BCUT2D eigenvalue weighted by molar-refractivity contribution is 5.90. The Morgan fingerprint density at radius 2 is 1.82 bits per heavy atom. The zero-order valence-electron chi connectivity index (χ0n) is 18.9. The summed E-state index contributed by atoms with van der Waals surface area (Å²) in [6.45, 7) is 1.64. The van der Waals surface area contributed by atoms with E-state index in [2.05, 4.69) is 24.3 Å². The van der Waals surface area contributed by atoms with E-state index in [1.807, 2.05) is 18.2 Å². The molecule has 2 aromatic rings.